The van der Waals surface area contributed by atoms with E-state index in [1.165, 1.54) is 20.1 Å². The number of ketones is 1. The summed E-state index contributed by atoms with van der Waals surface area (Å²) in [6.45, 7) is 1.48. The second-order valence-electron chi connectivity index (χ2n) is 4.25. The molecule has 0 aliphatic heterocycles. The highest BCUT2D eigenvalue weighted by molar-refractivity contribution is 14.1. The van der Waals surface area contributed by atoms with Gasteiger partial charge in [-0.3, -0.25) is 4.79 Å². The Labute approximate surface area is 128 Å². The van der Waals surface area contributed by atoms with Crippen LogP contribution in [0.15, 0.2) is 30.3 Å². The largest absolute Gasteiger partial charge is 0.496 e. The van der Waals surface area contributed by atoms with Gasteiger partial charge in [-0.15, -0.1) is 0 Å². The molecule has 104 valence electrons. The number of methoxy groups -OCH3 is 1. The molecule has 0 bridgehead atoms. The molecular formula is C15H11F2IO2. The first-order chi connectivity index (χ1) is 9.43. The molecule has 0 heterocycles. The lowest BCUT2D eigenvalue weighted by molar-refractivity contribution is 0.103. The van der Waals surface area contributed by atoms with Gasteiger partial charge < -0.3 is 4.74 Å². The van der Waals surface area contributed by atoms with Crippen molar-refractivity contribution in [1.29, 1.82) is 0 Å². The monoisotopic (exact) mass is 388 g/mol. The Morgan fingerprint density at radius 2 is 1.80 bits per heavy atom. The summed E-state index contributed by atoms with van der Waals surface area (Å²) in [5, 5.41) is 0. The molecule has 0 amide bonds. The number of hydrogen-bond acceptors (Lipinski definition) is 2. The molecule has 2 aromatic rings. The normalized spacial score (nSPS) is 10.4. The summed E-state index contributed by atoms with van der Waals surface area (Å²) >= 11 is 2.05. The number of carbonyl (C=O) groups excluding carboxylic acids is 1. The summed E-state index contributed by atoms with van der Waals surface area (Å²) in [4.78, 5) is 12.4. The maximum Gasteiger partial charge on any atom is 0.199 e. The van der Waals surface area contributed by atoms with E-state index in [2.05, 4.69) is 22.6 Å². The highest BCUT2D eigenvalue weighted by Gasteiger charge is 2.20. The zero-order chi connectivity index (χ0) is 14.9. The predicted molar refractivity (Wildman–Crippen MR) is 80.2 cm³/mol. The van der Waals surface area contributed by atoms with Crippen LogP contribution in [0, 0.1) is 22.1 Å². The minimum atomic E-state index is -0.876. The number of carbonyl (C=O) groups is 1. The van der Waals surface area contributed by atoms with E-state index in [1.807, 2.05) is 0 Å². The van der Waals surface area contributed by atoms with Crippen molar-refractivity contribution in [2.45, 2.75) is 6.92 Å². The minimum Gasteiger partial charge on any atom is -0.496 e. The summed E-state index contributed by atoms with van der Waals surface area (Å²) in [5.74, 6) is -1.72. The highest BCUT2D eigenvalue weighted by Crippen LogP contribution is 2.26. The van der Waals surface area contributed by atoms with Gasteiger partial charge in [0.15, 0.2) is 5.78 Å². The van der Waals surface area contributed by atoms with Gasteiger partial charge in [-0.05, 0) is 59.3 Å². The first kappa shape index (κ1) is 14.9. The molecule has 2 nitrogen and oxygen atoms in total. The molecule has 2 rings (SSSR count). The van der Waals surface area contributed by atoms with Crippen molar-refractivity contribution in [2.24, 2.45) is 0 Å². The van der Waals surface area contributed by atoms with Crippen LogP contribution in [0.5, 0.6) is 5.75 Å². The predicted octanol–water partition coefficient (Wildman–Crippen LogP) is 4.12. The van der Waals surface area contributed by atoms with Crippen molar-refractivity contribution in [2.75, 3.05) is 7.11 Å². The third-order valence-electron chi connectivity index (χ3n) is 2.90. The maximum absolute atomic E-state index is 13.8. The van der Waals surface area contributed by atoms with Crippen molar-refractivity contribution in [3.8, 4) is 5.75 Å². The van der Waals surface area contributed by atoms with E-state index in [0.29, 0.717) is 5.75 Å². The quantitative estimate of drug-likeness (QED) is 0.584. The van der Waals surface area contributed by atoms with Crippen molar-refractivity contribution in [1.82, 2.24) is 0 Å². The van der Waals surface area contributed by atoms with Gasteiger partial charge in [0.25, 0.3) is 0 Å². The first-order valence-corrected chi connectivity index (χ1v) is 6.85. The van der Waals surface area contributed by atoms with E-state index in [-0.39, 0.29) is 16.7 Å². The van der Waals surface area contributed by atoms with Gasteiger partial charge in [-0.25, -0.2) is 8.78 Å². The lowest BCUT2D eigenvalue weighted by Crippen LogP contribution is -2.08. The van der Waals surface area contributed by atoms with Crippen LogP contribution < -0.4 is 4.74 Å². The van der Waals surface area contributed by atoms with E-state index in [9.17, 15) is 13.6 Å². The molecule has 20 heavy (non-hydrogen) atoms. The molecule has 0 saturated heterocycles. The molecule has 2 aromatic carbocycles. The Bertz CT molecular complexity index is 684. The average molecular weight is 388 g/mol. The van der Waals surface area contributed by atoms with Crippen molar-refractivity contribution < 1.29 is 18.3 Å². The van der Waals surface area contributed by atoms with Crippen LogP contribution in [0.25, 0.3) is 0 Å². The standard InChI is InChI=1S/C15H11F2IO2/c1-8-5-10(13(17)7-12(8)16)15(19)11-6-9(18)3-4-14(11)20-2/h3-7H,1-2H3. The van der Waals surface area contributed by atoms with Gasteiger partial charge in [0.1, 0.15) is 17.4 Å². The van der Waals surface area contributed by atoms with Crippen LogP contribution in [0.1, 0.15) is 21.5 Å². The molecule has 0 saturated carbocycles. The van der Waals surface area contributed by atoms with E-state index in [0.717, 1.165) is 9.64 Å². The highest BCUT2D eigenvalue weighted by atomic mass is 127. The average Bonchev–Trinajstić information content (AvgIpc) is 2.42. The van der Waals surface area contributed by atoms with E-state index in [1.54, 1.807) is 18.2 Å². The maximum atomic E-state index is 13.8. The minimum absolute atomic E-state index is 0.163. The van der Waals surface area contributed by atoms with Crippen LogP contribution in [-0.4, -0.2) is 12.9 Å². The van der Waals surface area contributed by atoms with Gasteiger partial charge in [0, 0.05) is 9.64 Å². The first-order valence-electron chi connectivity index (χ1n) is 5.78. The molecular weight excluding hydrogens is 377 g/mol. The Morgan fingerprint density at radius 3 is 2.45 bits per heavy atom. The van der Waals surface area contributed by atoms with Crippen LogP contribution in [-0.2, 0) is 0 Å². The topological polar surface area (TPSA) is 26.3 Å². The summed E-state index contributed by atoms with van der Waals surface area (Å²) in [7, 11) is 1.44. The number of benzene rings is 2. The number of ether oxygens (including phenoxy) is 1. The summed E-state index contributed by atoms with van der Waals surface area (Å²) in [6, 6.07) is 6.97. The lowest BCUT2D eigenvalue weighted by Gasteiger charge is -2.10. The molecule has 0 N–H and O–H groups in total. The van der Waals surface area contributed by atoms with Gasteiger partial charge in [-0.1, -0.05) is 0 Å². The fourth-order valence-corrected chi connectivity index (χ4v) is 2.33. The third-order valence-corrected chi connectivity index (χ3v) is 3.57. The third kappa shape index (κ3) is 2.82. The van der Waals surface area contributed by atoms with Crippen LogP contribution in [0.3, 0.4) is 0 Å². The Balaban J connectivity index is 2.57. The van der Waals surface area contributed by atoms with Gasteiger partial charge in [-0.2, -0.15) is 0 Å². The number of rotatable bonds is 3. The van der Waals surface area contributed by atoms with Gasteiger partial charge in [0.2, 0.25) is 0 Å². The SMILES string of the molecule is COc1ccc(I)cc1C(=O)c1cc(C)c(F)cc1F. The Hall–Kier alpha value is -1.50. The van der Waals surface area contributed by atoms with Crippen molar-refractivity contribution in [3.05, 3.63) is 62.2 Å². The number of aryl methyl sites for hydroxylation is 1. The smallest absolute Gasteiger partial charge is 0.199 e. The van der Waals surface area contributed by atoms with Crippen molar-refractivity contribution in [3.63, 3.8) is 0 Å². The van der Waals surface area contributed by atoms with Crippen LogP contribution >= 0.6 is 22.6 Å². The van der Waals surface area contributed by atoms with E-state index >= 15 is 0 Å². The molecule has 0 unspecified atom stereocenters. The molecule has 0 aliphatic rings. The molecule has 0 atom stereocenters. The second-order valence-corrected chi connectivity index (χ2v) is 5.50. The zero-order valence-electron chi connectivity index (χ0n) is 10.8. The molecule has 0 spiro atoms. The number of hydrogen-bond donors (Lipinski definition) is 0. The number of halogens is 3. The molecule has 0 aromatic heterocycles. The zero-order valence-corrected chi connectivity index (χ0v) is 13.0. The summed E-state index contributed by atoms with van der Waals surface area (Å²) in [5.41, 5.74) is 0.313. The van der Waals surface area contributed by atoms with Gasteiger partial charge >= 0.3 is 0 Å². The molecule has 5 heteroatoms. The Kier molecular flexibility index (Phi) is 4.37. The Morgan fingerprint density at radius 1 is 1.10 bits per heavy atom. The van der Waals surface area contributed by atoms with Crippen LogP contribution in [0.2, 0.25) is 0 Å². The fourth-order valence-electron chi connectivity index (χ4n) is 1.83. The van der Waals surface area contributed by atoms with Crippen molar-refractivity contribution >= 4 is 28.4 Å². The fraction of sp³-hybridized carbons (Fsp3) is 0.133. The van der Waals surface area contributed by atoms with E-state index in [4.69, 9.17) is 4.74 Å². The van der Waals surface area contributed by atoms with E-state index < -0.39 is 17.4 Å². The summed E-state index contributed by atoms with van der Waals surface area (Å²) in [6.07, 6.45) is 0. The lowest BCUT2D eigenvalue weighted by atomic mass is 10.00. The van der Waals surface area contributed by atoms with Gasteiger partial charge in [0.05, 0.1) is 18.2 Å². The second kappa shape index (κ2) is 5.87. The molecule has 0 aliphatic carbocycles. The molecule has 0 radical (unpaired) electrons. The summed E-state index contributed by atoms with van der Waals surface area (Å²) < 4.78 is 33.0. The van der Waals surface area contributed by atoms with Crippen LogP contribution in [0.4, 0.5) is 8.78 Å². The molecule has 0 fully saturated rings.